The molecule has 0 heterocycles. The van der Waals surface area contributed by atoms with Gasteiger partial charge in [0.05, 0.1) is 6.04 Å². The van der Waals surface area contributed by atoms with Gasteiger partial charge >= 0.3 is 12.1 Å². The van der Waals surface area contributed by atoms with E-state index in [-0.39, 0.29) is 27.6 Å². The summed E-state index contributed by atoms with van der Waals surface area (Å²) in [5, 5.41) is 1.85. The molecule has 1 atom stereocenters. The van der Waals surface area contributed by atoms with Crippen LogP contribution in [0.4, 0.5) is 13.2 Å². The first-order valence-electron chi connectivity index (χ1n) is 7.44. The molecule has 1 amide bonds. The minimum Gasteiger partial charge on any atom is -0.341 e. The van der Waals surface area contributed by atoms with Crippen molar-refractivity contribution in [2.24, 2.45) is 5.92 Å². The van der Waals surface area contributed by atoms with E-state index in [1.807, 2.05) is 5.32 Å². The van der Waals surface area contributed by atoms with Crippen molar-refractivity contribution in [3.63, 3.8) is 0 Å². The number of nitrogens with one attached hydrogen (secondary N) is 1. The van der Waals surface area contributed by atoms with E-state index in [9.17, 15) is 27.6 Å². The number of hydrogen-bond acceptors (Lipinski definition) is 3. The lowest BCUT2D eigenvalue weighted by atomic mass is 9.79. The van der Waals surface area contributed by atoms with Crippen molar-refractivity contribution in [2.75, 3.05) is 5.33 Å². The van der Waals surface area contributed by atoms with Crippen LogP contribution in [-0.2, 0) is 4.79 Å². The van der Waals surface area contributed by atoms with Crippen LogP contribution in [0, 0.1) is 5.92 Å². The number of carbonyl (C=O) groups excluding carboxylic acids is 3. The van der Waals surface area contributed by atoms with Crippen molar-refractivity contribution < 1.29 is 27.6 Å². The molecule has 1 aromatic carbocycles. The van der Waals surface area contributed by atoms with Crippen LogP contribution in [0.3, 0.4) is 0 Å². The maximum atomic E-state index is 12.8. The van der Waals surface area contributed by atoms with Crippen molar-refractivity contribution in [3.8, 4) is 0 Å². The number of hydrogen-bond donors (Lipinski definition) is 1. The molecule has 1 unspecified atom stereocenters. The molecule has 0 aliphatic heterocycles. The predicted molar refractivity (Wildman–Crippen MR) is 88.7 cm³/mol. The zero-order valence-electron chi connectivity index (χ0n) is 13.4. The van der Waals surface area contributed by atoms with Crippen molar-refractivity contribution in [1.29, 1.82) is 0 Å². The summed E-state index contributed by atoms with van der Waals surface area (Å²) in [6.07, 6.45) is -5.08. The van der Waals surface area contributed by atoms with Gasteiger partial charge in [0.15, 0.2) is 11.6 Å². The average Bonchev–Trinajstić information content (AvgIpc) is 2.54. The molecule has 1 aliphatic carbocycles. The molecule has 0 spiro atoms. The summed E-state index contributed by atoms with van der Waals surface area (Å²) in [5.41, 5.74) is 0.285. The highest BCUT2D eigenvalue weighted by Crippen LogP contribution is 2.31. The number of fused-ring (bicyclic) bond motifs is 1. The Bertz CT molecular complexity index is 769. The molecule has 1 N–H and O–H groups in total. The second-order valence-corrected chi connectivity index (χ2v) is 6.48. The van der Waals surface area contributed by atoms with Gasteiger partial charge in [0.2, 0.25) is 0 Å². The second-order valence-electron chi connectivity index (χ2n) is 5.92. The minimum atomic E-state index is -5.08. The summed E-state index contributed by atoms with van der Waals surface area (Å²) >= 11 is 3.13. The number of amides is 1. The third-order valence-electron chi connectivity index (χ3n) is 3.92. The molecule has 134 valence electrons. The van der Waals surface area contributed by atoms with Gasteiger partial charge in [0.25, 0.3) is 0 Å². The van der Waals surface area contributed by atoms with Gasteiger partial charge in [-0.25, -0.2) is 0 Å². The zero-order valence-corrected chi connectivity index (χ0v) is 15.0. The van der Waals surface area contributed by atoms with Gasteiger partial charge in [0.1, 0.15) is 0 Å². The topological polar surface area (TPSA) is 63.2 Å². The molecule has 0 saturated carbocycles. The molecule has 4 nitrogen and oxygen atoms in total. The summed E-state index contributed by atoms with van der Waals surface area (Å²) in [4.78, 5) is 36.9. The molecule has 1 aromatic rings. The molecule has 1 aliphatic rings. The van der Waals surface area contributed by atoms with Crippen molar-refractivity contribution in [3.05, 3.63) is 46.5 Å². The van der Waals surface area contributed by atoms with E-state index in [2.05, 4.69) is 15.9 Å². The highest BCUT2D eigenvalue weighted by molar-refractivity contribution is 9.09. The first-order chi connectivity index (χ1) is 11.6. The fraction of sp³-hybridized carbons (Fsp3) is 0.353. The molecule has 25 heavy (non-hydrogen) atoms. The lowest BCUT2D eigenvalue weighted by molar-refractivity contribution is -0.174. The summed E-state index contributed by atoms with van der Waals surface area (Å²) in [6, 6.07) is 4.88. The molecule has 2 rings (SSSR count). The minimum absolute atomic E-state index is 0.00759. The van der Waals surface area contributed by atoms with Gasteiger partial charge in [0, 0.05) is 27.6 Å². The zero-order chi connectivity index (χ0) is 18.9. The maximum Gasteiger partial charge on any atom is 0.471 e. The average molecular weight is 418 g/mol. The molecule has 0 aromatic heterocycles. The summed E-state index contributed by atoms with van der Waals surface area (Å²) in [5.74, 6) is -3.66. The Morgan fingerprint density at radius 1 is 1.12 bits per heavy atom. The predicted octanol–water partition coefficient (Wildman–Crippen LogP) is 3.46. The van der Waals surface area contributed by atoms with Crippen LogP contribution < -0.4 is 5.32 Å². The number of ketones is 2. The second kappa shape index (κ2) is 7.11. The van der Waals surface area contributed by atoms with Crippen LogP contribution in [0.1, 0.15) is 34.6 Å². The van der Waals surface area contributed by atoms with Crippen molar-refractivity contribution in [1.82, 2.24) is 5.32 Å². The highest BCUT2D eigenvalue weighted by Gasteiger charge is 2.43. The van der Waals surface area contributed by atoms with Crippen molar-refractivity contribution in [2.45, 2.75) is 26.1 Å². The van der Waals surface area contributed by atoms with Crippen LogP contribution in [-0.4, -0.2) is 35.0 Å². The van der Waals surface area contributed by atoms with E-state index in [1.54, 1.807) is 26.0 Å². The van der Waals surface area contributed by atoms with Gasteiger partial charge in [-0.15, -0.1) is 0 Å². The Kier molecular flexibility index (Phi) is 5.51. The molecule has 0 fully saturated rings. The largest absolute Gasteiger partial charge is 0.471 e. The fourth-order valence-corrected chi connectivity index (χ4v) is 3.26. The molecular weight excluding hydrogens is 403 g/mol. The van der Waals surface area contributed by atoms with Crippen LogP contribution in [0.15, 0.2) is 35.4 Å². The molecule has 0 radical (unpaired) electrons. The van der Waals surface area contributed by atoms with E-state index >= 15 is 0 Å². The van der Waals surface area contributed by atoms with E-state index < -0.39 is 35.6 Å². The third-order valence-corrected chi connectivity index (χ3v) is 4.48. The van der Waals surface area contributed by atoms with Gasteiger partial charge in [-0.3, -0.25) is 14.4 Å². The Labute approximate surface area is 150 Å². The SMILES string of the molecule is CC(C)C(NC(=O)C(F)(F)F)C1=C(CBr)C(=O)c2ccccc2C1=O. The first kappa shape index (κ1) is 19.4. The number of benzene rings is 1. The van der Waals surface area contributed by atoms with E-state index in [1.165, 1.54) is 12.1 Å². The quantitative estimate of drug-likeness (QED) is 0.762. The smallest absolute Gasteiger partial charge is 0.341 e. The monoisotopic (exact) mass is 417 g/mol. The van der Waals surface area contributed by atoms with Crippen LogP contribution >= 0.6 is 15.9 Å². The third kappa shape index (κ3) is 3.68. The number of carbonyl (C=O) groups is 3. The fourth-order valence-electron chi connectivity index (χ4n) is 2.70. The highest BCUT2D eigenvalue weighted by atomic mass is 79.9. The van der Waals surface area contributed by atoms with Gasteiger partial charge < -0.3 is 5.32 Å². The molecule has 0 saturated heterocycles. The Hall–Kier alpha value is -1.96. The van der Waals surface area contributed by atoms with Gasteiger partial charge in [-0.2, -0.15) is 13.2 Å². The van der Waals surface area contributed by atoms with E-state index in [0.717, 1.165) is 0 Å². The number of allylic oxidation sites excluding steroid dienone is 1. The molecule has 8 heteroatoms. The first-order valence-corrected chi connectivity index (χ1v) is 8.56. The lowest BCUT2D eigenvalue weighted by Crippen LogP contribution is -2.49. The number of rotatable bonds is 4. The van der Waals surface area contributed by atoms with E-state index in [0.29, 0.717) is 0 Å². The summed E-state index contributed by atoms with van der Waals surface area (Å²) in [6.45, 7) is 3.14. The maximum absolute atomic E-state index is 12.8. The van der Waals surface area contributed by atoms with Crippen molar-refractivity contribution >= 4 is 33.4 Å². The molecule has 0 bridgehead atoms. The van der Waals surface area contributed by atoms with E-state index in [4.69, 9.17) is 0 Å². The number of alkyl halides is 4. The Morgan fingerprint density at radius 3 is 2.08 bits per heavy atom. The number of Topliss-reactive ketones (excluding diaryl/α,β-unsaturated/α-hetero) is 2. The Balaban J connectivity index is 2.57. The normalized spacial score (nSPS) is 16.1. The van der Waals surface area contributed by atoms with Crippen LogP contribution in [0.2, 0.25) is 0 Å². The van der Waals surface area contributed by atoms with Crippen LogP contribution in [0.5, 0.6) is 0 Å². The number of halogens is 4. The van der Waals surface area contributed by atoms with Crippen LogP contribution in [0.25, 0.3) is 0 Å². The summed E-state index contributed by atoms with van der Waals surface area (Å²) in [7, 11) is 0. The lowest BCUT2D eigenvalue weighted by Gasteiger charge is -2.29. The van der Waals surface area contributed by atoms with Gasteiger partial charge in [-0.05, 0) is 5.92 Å². The molecular formula is C17H15BrF3NO3. The van der Waals surface area contributed by atoms with Gasteiger partial charge in [-0.1, -0.05) is 54.0 Å². The Morgan fingerprint density at radius 2 is 1.64 bits per heavy atom. The summed E-state index contributed by atoms with van der Waals surface area (Å²) < 4.78 is 37.9. The standard InChI is InChI=1S/C17H15BrF3NO3/c1-8(2)13(22-16(25)17(19,20)21)12-11(7-18)14(23)9-5-3-4-6-10(9)15(12)24/h3-6,8,13H,7H2,1-2H3,(H,22,25).